The summed E-state index contributed by atoms with van der Waals surface area (Å²) in [7, 11) is 0. The molecule has 13 heteroatoms. The first kappa shape index (κ1) is 30.5. The van der Waals surface area contributed by atoms with E-state index in [0.29, 0.717) is 0 Å². The number of rotatable bonds is 2. The van der Waals surface area contributed by atoms with Gasteiger partial charge >= 0.3 is 174 Å². The summed E-state index contributed by atoms with van der Waals surface area (Å²) >= 11 is -12.4. The molecule has 0 saturated heterocycles. The summed E-state index contributed by atoms with van der Waals surface area (Å²) in [5, 5.41) is 0. The van der Waals surface area contributed by atoms with Crippen LogP contribution in [0.1, 0.15) is 0 Å². The third-order valence-corrected chi connectivity index (χ3v) is 5.40. The predicted octanol–water partition coefficient (Wildman–Crippen LogP) is -17.8. The molecule has 0 rings (SSSR count). The van der Waals surface area contributed by atoms with Crippen LogP contribution in [0.2, 0.25) is 0 Å². The third-order valence-electron chi connectivity index (χ3n) is 0.200. The first-order valence-electron chi connectivity index (χ1n) is 1.46. The molecule has 0 fully saturated rings. The Kier molecular flexibility index (Phi) is 30.4. The monoisotopic (exact) mass is 354 g/mol. The molecular weight excluding hydrogens is 354 g/mol. The Bertz CT molecular complexity index is 159. The maximum atomic E-state index is 9.40. The second-order valence-corrected chi connectivity index (χ2v) is 6.85. The van der Waals surface area contributed by atoms with Crippen LogP contribution >= 0.6 is 0 Å². The maximum absolute atomic E-state index is 9.40. The molecule has 7 nitrogen and oxygen atoms in total. The zero-order valence-corrected chi connectivity index (χ0v) is 19.5. The van der Waals surface area contributed by atoms with Gasteiger partial charge in [-0.2, -0.15) is 0 Å². The molecular formula is As2Na4O7. The van der Waals surface area contributed by atoms with Crippen molar-refractivity contribution in [3.05, 3.63) is 0 Å². The van der Waals surface area contributed by atoms with E-state index in [4.69, 9.17) is 0 Å². The molecule has 0 aromatic carbocycles. The average molecular weight is 354 g/mol. The van der Waals surface area contributed by atoms with E-state index in [2.05, 4.69) is 2.72 Å². The Balaban J connectivity index is -0.0000000533. The quantitative estimate of drug-likeness (QED) is 0.449. The van der Waals surface area contributed by atoms with Gasteiger partial charge in [0, 0.05) is 0 Å². The van der Waals surface area contributed by atoms with Gasteiger partial charge in [-0.15, -0.1) is 0 Å². The summed E-state index contributed by atoms with van der Waals surface area (Å²) in [6.45, 7) is 0. The first-order chi connectivity index (χ1) is 3.71. The third kappa shape index (κ3) is 31.5. The Morgan fingerprint density at radius 1 is 0.692 bits per heavy atom. The molecule has 0 N–H and O–H groups in total. The van der Waals surface area contributed by atoms with Crippen molar-refractivity contribution in [3.63, 3.8) is 0 Å². The standard InChI is InChI=1S/As2H4O7.4Na/c3-1(4,5)9-2(6,7)8;;;;/h(H2,3,4,5)(H2,6,7,8);;;;/q;4*+1/p-4. The molecule has 0 unspecified atom stereocenters. The van der Waals surface area contributed by atoms with Crippen molar-refractivity contribution in [2.24, 2.45) is 0 Å². The van der Waals surface area contributed by atoms with E-state index in [1.165, 1.54) is 0 Å². The summed E-state index contributed by atoms with van der Waals surface area (Å²) in [5.74, 6) is 0. The zero-order valence-electron chi connectivity index (χ0n) is 7.75. The SMILES string of the molecule is O=[As]([O-])([O-])O[As](=O)([O-])[O-].[Na+].[Na+].[Na+].[Na+]. The van der Waals surface area contributed by atoms with Gasteiger partial charge in [0.1, 0.15) is 0 Å². The van der Waals surface area contributed by atoms with Crippen LogP contribution in [0.4, 0.5) is 0 Å². The van der Waals surface area contributed by atoms with Crippen molar-refractivity contribution in [3.8, 4) is 0 Å². The zero-order chi connectivity index (χ0) is 7.71. The van der Waals surface area contributed by atoms with Crippen LogP contribution in [0.5, 0.6) is 0 Å². The summed E-state index contributed by atoms with van der Waals surface area (Å²) in [5.41, 5.74) is 0. The Labute approximate surface area is 170 Å². The van der Waals surface area contributed by atoms with Crippen LogP contribution in [-0.2, 0) is 10.2 Å². The number of hydrogen-bond acceptors (Lipinski definition) is 7. The van der Waals surface area contributed by atoms with Crippen LogP contribution in [0.3, 0.4) is 0 Å². The second kappa shape index (κ2) is 13.0. The van der Waals surface area contributed by atoms with Crippen molar-refractivity contribution in [1.29, 1.82) is 0 Å². The van der Waals surface area contributed by atoms with Gasteiger partial charge in [-0.3, -0.25) is 0 Å². The van der Waals surface area contributed by atoms with E-state index < -0.39 is 29.0 Å². The average Bonchev–Trinajstić information content (AvgIpc) is 1.14. The van der Waals surface area contributed by atoms with Gasteiger partial charge in [0.25, 0.3) is 0 Å². The summed E-state index contributed by atoms with van der Waals surface area (Å²) in [6, 6.07) is 0. The van der Waals surface area contributed by atoms with Gasteiger partial charge in [-0.25, -0.2) is 0 Å². The van der Waals surface area contributed by atoms with Gasteiger partial charge in [0.15, 0.2) is 0 Å². The fourth-order valence-corrected chi connectivity index (χ4v) is 3.31. The Morgan fingerprint density at radius 2 is 0.846 bits per heavy atom. The van der Waals surface area contributed by atoms with Crippen molar-refractivity contribution in [2.75, 3.05) is 0 Å². The van der Waals surface area contributed by atoms with Gasteiger partial charge in [0.2, 0.25) is 0 Å². The fraction of sp³-hybridized carbons (Fsp3) is 0. The van der Waals surface area contributed by atoms with Gasteiger partial charge in [-0.05, 0) is 0 Å². The van der Waals surface area contributed by atoms with Crippen molar-refractivity contribution in [2.45, 2.75) is 0 Å². The molecule has 0 heterocycles. The normalized spacial score (nSPS) is 9.54. The van der Waals surface area contributed by atoms with E-state index in [1.54, 1.807) is 0 Å². The minimum Gasteiger partial charge on any atom is 1.00 e. The smallest absolute Gasteiger partial charge is 1.00 e. The van der Waals surface area contributed by atoms with Crippen LogP contribution in [0.25, 0.3) is 0 Å². The van der Waals surface area contributed by atoms with E-state index in [0.717, 1.165) is 0 Å². The molecule has 0 aliphatic heterocycles. The first-order valence-corrected chi connectivity index (χ1v) is 7.59. The minimum absolute atomic E-state index is 0. The van der Waals surface area contributed by atoms with Gasteiger partial charge in [0.05, 0.1) is 0 Å². The van der Waals surface area contributed by atoms with Crippen LogP contribution in [-0.4, -0.2) is 29.0 Å². The fourth-order valence-electron chi connectivity index (χ4n) is 0.122. The number of hydrogen-bond donors (Lipinski definition) is 0. The van der Waals surface area contributed by atoms with Gasteiger partial charge in [-0.1, -0.05) is 0 Å². The molecule has 13 heavy (non-hydrogen) atoms. The molecule has 56 valence electrons. The molecule has 0 amide bonds. The maximum Gasteiger partial charge on any atom is 1.00 e. The largest absolute Gasteiger partial charge is 1.00 e. The molecule has 0 aromatic rings. The molecule has 0 saturated carbocycles. The summed E-state index contributed by atoms with van der Waals surface area (Å²) < 4.78 is 59.0. The van der Waals surface area contributed by atoms with Crippen molar-refractivity contribution >= 4 is 29.0 Å². The molecule has 0 aromatic heterocycles. The summed E-state index contributed by atoms with van der Waals surface area (Å²) in [6.07, 6.45) is 0. The molecule has 0 radical (unpaired) electrons. The van der Waals surface area contributed by atoms with E-state index >= 15 is 0 Å². The van der Waals surface area contributed by atoms with Crippen molar-refractivity contribution in [1.82, 2.24) is 0 Å². The second-order valence-electron chi connectivity index (χ2n) is 0.976. The van der Waals surface area contributed by atoms with Crippen molar-refractivity contribution < 1.29 is 145 Å². The van der Waals surface area contributed by atoms with Crippen LogP contribution in [0, 0.1) is 0 Å². The van der Waals surface area contributed by atoms with Crippen LogP contribution < -0.4 is 135 Å². The topological polar surface area (TPSA) is 136 Å². The Hall–Kier alpha value is 4.52. The molecule has 0 aliphatic carbocycles. The minimum atomic E-state index is -6.21. The predicted molar refractivity (Wildman–Crippen MR) is 14.0 cm³/mol. The molecule has 0 aliphatic rings. The molecule has 0 spiro atoms. The Morgan fingerprint density at radius 3 is 0.846 bits per heavy atom. The van der Waals surface area contributed by atoms with E-state index in [1.807, 2.05) is 0 Å². The molecule has 0 atom stereocenters. The summed E-state index contributed by atoms with van der Waals surface area (Å²) in [4.78, 5) is 0. The van der Waals surface area contributed by atoms with E-state index in [-0.39, 0.29) is 118 Å². The van der Waals surface area contributed by atoms with E-state index in [9.17, 15) is 23.9 Å². The van der Waals surface area contributed by atoms with Crippen LogP contribution in [0.15, 0.2) is 0 Å². The molecule has 0 bridgehead atoms. The van der Waals surface area contributed by atoms with Gasteiger partial charge < -0.3 is 0 Å².